The molecule has 0 saturated heterocycles. The number of nitrogens with zero attached hydrogens (tertiary/aromatic N) is 2. The number of anilines is 1. The number of amides is 1. The fourth-order valence-corrected chi connectivity index (χ4v) is 1.37. The van der Waals surface area contributed by atoms with Gasteiger partial charge >= 0.3 is 0 Å². The van der Waals surface area contributed by atoms with E-state index in [4.69, 9.17) is 10.5 Å². The lowest BCUT2D eigenvalue weighted by atomic mass is 10.3. The molecule has 1 amide bonds. The third kappa shape index (κ3) is 2.54. The summed E-state index contributed by atoms with van der Waals surface area (Å²) >= 11 is 0. The molecule has 3 N–H and O–H groups in total. The van der Waals surface area contributed by atoms with Crippen molar-refractivity contribution in [2.24, 2.45) is 5.73 Å². The number of nitrogens with two attached hydrogens (primary N) is 1. The number of hydrogen-bond donors (Lipinski definition) is 2. The molecule has 18 heavy (non-hydrogen) atoms. The summed E-state index contributed by atoms with van der Waals surface area (Å²) in [5.41, 5.74) is 6.15. The van der Waals surface area contributed by atoms with Gasteiger partial charge in [0.05, 0.1) is 0 Å². The minimum absolute atomic E-state index is 0.00944. The van der Waals surface area contributed by atoms with E-state index in [-0.39, 0.29) is 11.6 Å². The van der Waals surface area contributed by atoms with Gasteiger partial charge in [0.1, 0.15) is 5.75 Å². The van der Waals surface area contributed by atoms with Gasteiger partial charge in [0, 0.05) is 25.1 Å². The van der Waals surface area contributed by atoms with Gasteiger partial charge in [-0.1, -0.05) is 0 Å². The predicted molar refractivity (Wildman–Crippen MR) is 66.6 cm³/mol. The van der Waals surface area contributed by atoms with Crippen molar-refractivity contribution in [3.05, 3.63) is 42.4 Å². The zero-order valence-electron chi connectivity index (χ0n) is 9.75. The van der Waals surface area contributed by atoms with Gasteiger partial charge in [0.2, 0.25) is 0 Å². The van der Waals surface area contributed by atoms with Crippen LogP contribution < -0.4 is 15.8 Å². The molecule has 2 rings (SSSR count). The molecule has 0 fully saturated rings. The first-order chi connectivity index (χ1) is 8.70. The minimum atomic E-state index is -0.676. The van der Waals surface area contributed by atoms with Crippen LogP contribution in [0.15, 0.2) is 36.7 Å². The lowest BCUT2D eigenvalue weighted by Gasteiger charge is -2.07. The number of hydrogen-bond acceptors (Lipinski definition) is 5. The van der Waals surface area contributed by atoms with Crippen LogP contribution in [0, 0.1) is 0 Å². The molecule has 0 spiro atoms. The highest BCUT2D eigenvalue weighted by Crippen LogP contribution is 2.22. The van der Waals surface area contributed by atoms with Crippen LogP contribution in [-0.2, 0) is 0 Å². The molecule has 0 aliphatic carbocycles. The van der Waals surface area contributed by atoms with Gasteiger partial charge < -0.3 is 15.8 Å². The molecule has 1 aromatic carbocycles. The van der Waals surface area contributed by atoms with E-state index >= 15 is 0 Å². The molecule has 0 bridgehead atoms. The smallest absolute Gasteiger partial charge is 0.272 e. The molecule has 2 aromatic rings. The van der Waals surface area contributed by atoms with E-state index < -0.39 is 5.91 Å². The van der Waals surface area contributed by atoms with Crippen molar-refractivity contribution in [3.63, 3.8) is 0 Å². The summed E-state index contributed by atoms with van der Waals surface area (Å²) < 4.78 is 5.47. The maximum Gasteiger partial charge on any atom is 0.272 e. The van der Waals surface area contributed by atoms with Crippen LogP contribution in [0.3, 0.4) is 0 Å². The summed E-state index contributed by atoms with van der Waals surface area (Å²) in [5.74, 6) is -0.0239. The van der Waals surface area contributed by atoms with Gasteiger partial charge in [0.15, 0.2) is 5.69 Å². The number of carbonyl (C=O) groups is 1. The van der Waals surface area contributed by atoms with E-state index in [2.05, 4.69) is 15.3 Å². The fraction of sp³-hybridized carbons (Fsp3) is 0.0833. The van der Waals surface area contributed by atoms with Crippen LogP contribution in [0.4, 0.5) is 5.69 Å². The molecular formula is C12H12N4O2. The number of nitrogens with one attached hydrogen (secondary N) is 1. The summed E-state index contributed by atoms with van der Waals surface area (Å²) in [6, 6.07) is 7.20. The zero-order chi connectivity index (χ0) is 13.0. The maximum absolute atomic E-state index is 11.1. The highest BCUT2D eigenvalue weighted by atomic mass is 16.5. The molecule has 92 valence electrons. The predicted octanol–water partition coefficient (Wildman–Crippen LogP) is 1.41. The van der Waals surface area contributed by atoms with E-state index in [9.17, 15) is 4.79 Å². The number of carbonyl (C=O) groups excluding carboxylic acids is 1. The van der Waals surface area contributed by atoms with E-state index in [0.717, 1.165) is 5.69 Å². The van der Waals surface area contributed by atoms with Crippen molar-refractivity contribution in [1.82, 2.24) is 9.97 Å². The first-order valence-corrected chi connectivity index (χ1v) is 5.27. The summed E-state index contributed by atoms with van der Waals surface area (Å²) in [7, 11) is 1.82. The second-order valence-corrected chi connectivity index (χ2v) is 3.45. The van der Waals surface area contributed by atoms with Crippen LogP contribution in [0.2, 0.25) is 0 Å². The molecule has 0 aliphatic heterocycles. The van der Waals surface area contributed by atoms with Crippen LogP contribution in [0.1, 0.15) is 10.5 Å². The Hall–Kier alpha value is -2.63. The number of benzene rings is 1. The lowest BCUT2D eigenvalue weighted by molar-refractivity contribution is 0.0992. The quantitative estimate of drug-likeness (QED) is 0.848. The van der Waals surface area contributed by atoms with Gasteiger partial charge in [-0.3, -0.25) is 4.79 Å². The molecule has 6 nitrogen and oxygen atoms in total. The van der Waals surface area contributed by atoms with Crippen LogP contribution in [0.25, 0.3) is 0 Å². The van der Waals surface area contributed by atoms with Crippen LogP contribution in [-0.4, -0.2) is 22.9 Å². The molecule has 0 radical (unpaired) electrons. The highest BCUT2D eigenvalue weighted by Gasteiger charge is 2.12. The van der Waals surface area contributed by atoms with Crippen molar-refractivity contribution in [2.45, 2.75) is 0 Å². The van der Waals surface area contributed by atoms with Crippen molar-refractivity contribution >= 4 is 11.6 Å². The summed E-state index contributed by atoms with van der Waals surface area (Å²) in [6.45, 7) is 0. The van der Waals surface area contributed by atoms with E-state index in [0.29, 0.717) is 5.75 Å². The Morgan fingerprint density at radius 3 is 2.50 bits per heavy atom. The lowest BCUT2D eigenvalue weighted by Crippen LogP contribution is -2.14. The average Bonchev–Trinajstić information content (AvgIpc) is 2.40. The Morgan fingerprint density at radius 1 is 1.22 bits per heavy atom. The number of rotatable bonds is 4. The van der Waals surface area contributed by atoms with Crippen molar-refractivity contribution < 1.29 is 9.53 Å². The van der Waals surface area contributed by atoms with Crippen LogP contribution in [0.5, 0.6) is 11.6 Å². The molecule has 1 heterocycles. The maximum atomic E-state index is 11.1. The third-order valence-electron chi connectivity index (χ3n) is 2.26. The third-order valence-corrected chi connectivity index (χ3v) is 2.26. The molecule has 0 atom stereocenters. The SMILES string of the molecule is CNc1ccc(Oc2nccnc2C(N)=O)cc1. The Labute approximate surface area is 104 Å². The number of ether oxygens (including phenoxy) is 1. The van der Waals surface area contributed by atoms with Crippen molar-refractivity contribution in [3.8, 4) is 11.6 Å². The summed E-state index contributed by atoms with van der Waals surface area (Å²) in [6.07, 6.45) is 2.82. The normalized spacial score (nSPS) is 9.83. The van der Waals surface area contributed by atoms with Crippen LogP contribution >= 0.6 is 0 Å². The van der Waals surface area contributed by atoms with Gasteiger partial charge in [-0.05, 0) is 24.3 Å². The van der Waals surface area contributed by atoms with Gasteiger partial charge in [-0.2, -0.15) is 0 Å². The van der Waals surface area contributed by atoms with Crippen molar-refractivity contribution in [2.75, 3.05) is 12.4 Å². The standard InChI is InChI=1S/C12H12N4O2/c1-14-8-2-4-9(5-3-8)18-12-10(11(13)17)15-6-7-16-12/h2-7,14H,1H3,(H2,13,17). The first kappa shape index (κ1) is 11.8. The molecule has 6 heteroatoms. The monoisotopic (exact) mass is 244 g/mol. The van der Waals surface area contributed by atoms with E-state index in [1.165, 1.54) is 12.4 Å². The highest BCUT2D eigenvalue weighted by molar-refractivity contribution is 5.92. The Morgan fingerprint density at radius 2 is 1.89 bits per heavy atom. The van der Waals surface area contributed by atoms with Gasteiger partial charge in [-0.25, -0.2) is 9.97 Å². The zero-order valence-corrected chi connectivity index (χ0v) is 9.75. The average molecular weight is 244 g/mol. The van der Waals surface area contributed by atoms with E-state index in [1.54, 1.807) is 12.1 Å². The Kier molecular flexibility index (Phi) is 3.38. The second kappa shape index (κ2) is 5.13. The second-order valence-electron chi connectivity index (χ2n) is 3.45. The number of aromatic nitrogens is 2. The van der Waals surface area contributed by atoms with Gasteiger partial charge in [0.25, 0.3) is 11.8 Å². The number of primary amides is 1. The first-order valence-electron chi connectivity index (χ1n) is 5.27. The molecule has 0 saturated carbocycles. The molecule has 0 aliphatic rings. The topological polar surface area (TPSA) is 90.1 Å². The summed E-state index contributed by atoms with van der Waals surface area (Å²) in [4.78, 5) is 18.9. The Bertz CT molecular complexity index is 554. The largest absolute Gasteiger partial charge is 0.437 e. The molecular weight excluding hydrogens is 232 g/mol. The van der Waals surface area contributed by atoms with Gasteiger partial charge in [-0.15, -0.1) is 0 Å². The summed E-state index contributed by atoms with van der Waals surface area (Å²) in [5, 5.41) is 2.99. The van der Waals surface area contributed by atoms with E-state index in [1.807, 2.05) is 19.2 Å². The Balaban J connectivity index is 2.25. The fourth-order valence-electron chi connectivity index (χ4n) is 1.37. The molecule has 0 unspecified atom stereocenters. The molecule has 1 aromatic heterocycles. The minimum Gasteiger partial charge on any atom is -0.437 e. The van der Waals surface area contributed by atoms with Crippen molar-refractivity contribution in [1.29, 1.82) is 0 Å².